The Kier molecular flexibility index (Phi) is 6.50. The van der Waals surface area contributed by atoms with Crippen LogP contribution in [0.2, 0.25) is 0 Å². The molecule has 0 bridgehead atoms. The SMILES string of the molecule is COc1ccccc1N1CCN([C@@H]2CCCN(CCc3ccccc3)C2)CC1. The first-order valence-electron chi connectivity index (χ1n) is 10.7. The summed E-state index contributed by atoms with van der Waals surface area (Å²) >= 11 is 0. The molecule has 0 spiro atoms. The highest BCUT2D eigenvalue weighted by molar-refractivity contribution is 5.58. The van der Waals surface area contributed by atoms with E-state index < -0.39 is 0 Å². The van der Waals surface area contributed by atoms with E-state index in [1.165, 1.54) is 43.7 Å². The first-order valence-corrected chi connectivity index (χ1v) is 10.7. The summed E-state index contributed by atoms with van der Waals surface area (Å²) in [4.78, 5) is 7.87. The van der Waals surface area contributed by atoms with Crippen molar-refractivity contribution < 1.29 is 4.74 Å². The number of ether oxygens (including phenoxy) is 1. The van der Waals surface area contributed by atoms with Crippen LogP contribution in [0, 0.1) is 0 Å². The summed E-state index contributed by atoms with van der Waals surface area (Å²) in [5.74, 6) is 0.987. The molecule has 0 saturated carbocycles. The summed E-state index contributed by atoms with van der Waals surface area (Å²) in [7, 11) is 1.77. The van der Waals surface area contributed by atoms with Gasteiger partial charge in [-0.3, -0.25) is 4.90 Å². The Hall–Kier alpha value is -2.04. The zero-order valence-electron chi connectivity index (χ0n) is 17.1. The Morgan fingerprint density at radius 1 is 0.893 bits per heavy atom. The normalized spacial score (nSPS) is 21.6. The molecule has 1 atom stereocenters. The molecule has 2 aromatic rings. The molecule has 0 aromatic heterocycles. The number of para-hydroxylation sites is 2. The van der Waals surface area contributed by atoms with Crippen LogP contribution in [0.3, 0.4) is 0 Å². The zero-order chi connectivity index (χ0) is 19.2. The Labute approximate surface area is 169 Å². The maximum Gasteiger partial charge on any atom is 0.142 e. The van der Waals surface area contributed by atoms with Gasteiger partial charge in [-0.15, -0.1) is 0 Å². The van der Waals surface area contributed by atoms with Gasteiger partial charge in [-0.25, -0.2) is 0 Å². The van der Waals surface area contributed by atoms with Gasteiger partial charge in [0.15, 0.2) is 0 Å². The van der Waals surface area contributed by atoms with Crippen molar-refractivity contribution in [3.05, 3.63) is 60.2 Å². The zero-order valence-corrected chi connectivity index (χ0v) is 17.1. The maximum atomic E-state index is 5.56. The lowest BCUT2D eigenvalue weighted by Gasteiger charge is -2.44. The topological polar surface area (TPSA) is 19.0 Å². The second kappa shape index (κ2) is 9.44. The molecule has 2 aliphatic rings. The second-order valence-corrected chi connectivity index (χ2v) is 8.03. The lowest BCUT2D eigenvalue weighted by atomic mass is 10.0. The fourth-order valence-corrected chi connectivity index (χ4v) is 4.68. The fraction of sp³-hybridized carbons (Fsp3) is 0.500. The van der Waals surface area contributed by atoms with Gasteiger partial charge in [0.1, 0.15) is 5.75 Å². The number of rotatable bonds is 6. The molecule has 0 amide bonds. The Morgan fingerprint density at radius 3 is 2.43 bits per heavy atom. The Morgan fingerprint density at radius 2 is 1.64 bits per heavy atom. The van der Waals surface area contributed by atoms with E-state index in [0.29, 0.717) is 6.04 Å². The summed E-state index contributed by atoms with van der Waals surface area (Å²) in [5.41, 5.74) is 2.69. The molecule has 2 aromatic carbocycles. The van der Waals surface area contributed by atoms with Crippen molar-refractivity contribution in [1.29, 1.82) is 0 Å². The van der Waals surface area contributed by atoms with Crippen LogP contribution < -0.4 is 9.64 Å². The van der Waals surface area contributed by atoms with E-state index in [1.807, 2.05) is 6.07 Å². The molecule has 0 unspecified atom stereocenters. The summed E-state index contributed by atoms with van der Waals surface area (Å²) in [6.45, 7) is 8.12. The van der Waals surface area contributed by atoms with Crippen LogP contribution in [0.25, 0.3) is 0 Å². The molecule has 28 heavy (non-hydrogen) atoms. The van der Waals surface area contributed by atoms with Crippen LogP contribution in [-0.2, 0) is 6.42 Å². The molecule has 2 fully saturated rings. The first kappa shape index (κ1) is 19.3. The van der Waals surface area contributed by atoms with Gasteiger partial charge in [-0.1, -0.05) is 42.5 Å². The molecular weight excluding hydrogens is 346 g/mol. The average molecular weight is 380 g/mol. The lowest BCUT2D eigenvalue weighted by molar-refractivity contribution is 0.0932. The van der Waals surface area contributed by atoms with Crippen molar-refractivity contribution in [3.8, 4) is 5.75 Å². The third-order valence-electron chi connectivity index (χ3n) is 6.30. The van der Waals surface area contributed by atoms with E-state index >= 15 is 0 Å². The number of nitrogens with zero attached hydrogens (tertiary/aromatic N) is 3. The number of anilines is 1. The highest BCUT2D eigenvalue weighted by Crippen LogP contribution is 2.29. The minimum absolute atomic E-state index is 0.712. The monoisotopic (exact) mass is 379 g/mol. The molecule has 2 heterocycles. The van der Waals surface area contributed by atoms with Crippen LogP contribution in [0.5, 0.6) is 5.75 Å². The van der Waals surface area contributed by atoms with E-state index in [1.54, 1.807) is 7.11 Å². The van der Waals surface area contributed by atoms with Crippen LogP contribution in [0.15, 0.2) is 54.6 Å². The molecule has 2 saturated heterocycles. The lowest BCUT2D eigenvalue weighted by Crippen LogP contribution is -2.55. The largest absolute Gasteiger partial charge is 0.495 e. The third-order valence-corrected chi connectivity index (χ3v) is 6.30. The van der Waals surface area contributed by atoms with E-state index in [4.69, 9.17) is 4.74 Å². The Bertz CT molecular complexity index is 728. The number of hydrogen-bond acceptors (Lipinski definition) is 4. The predicted octanol–water partition coefficient (Wildman–Crippen LogP) is 3.52. The third kappa shape index (κ3) is 4.68. The number of piperazine rings is 1. The van der Waals surface area contributed by atoms with Crippen LogP contribution >= 0.6 is 0 Å². The van der Waals surface area contributed by atoms with Crippen molar-refractivity contribution in [3.63, 3.8) is 0 Å². The van der Waals surface area contributed by atoms with Gasteiger partial charge in [0.25, 0.3) is 0 Å². The van der Waals surface area contributed by atoms with Gasteiger partial charge in [0.2, 0.25) is 0 Å². The molecule has 150 valence electrons. The van der Waals surface area contributed by atoms with Crippen molar-refractivity contribution in [2.75, 3.05) is 57.8 Å². The minimum atomic E-state index is 0.712. The molecule has 4 heteroatoms. The number of likely N-dealkylation sites (tertiary alicyclic amines) is 1. The number of piperidine rings is 1. The molecule has 2 aliphatic heterocycles. The van der Waals surface area contributed by atoms with Crippen LogP contribution in [-0.4, -0.2) is 68.8 Å². The van der Waals surface area contributed by atoms with Gasteiger partial charge < -0.3 is 14.5 Å². The summed E-state index contributed by atoms with van der Waals surface area (Å²) in [5, 5.41) is 0. The molecule has 0 aliphatic carbocycles. The molecule has 4 nitrogen and oxygen atoms in total. The summed E-state index contributed by atoms with van der Waals surface area (Å²) in [6.07, 6.45) is 3.83. The molecule has 0 radical (unpaired) electrons. The summed E-state index contributed by atoms with van der Waals surface area (Å²) < 4.78 is 5.56. The quantitative estimate of drug-likeness (QED) is 0.764. The van der Waals surface area contributed by atoms with Gasteiger partial charge >= 0.3 is 0 Å². The van der Waals surface area contributed by atoms with Crippen molar-refractivity contribution in [2.24, 2.45) is 0 Å². The second-order valence-electron chi connectivity index (χ2n) is 8.03. The van der Waals surface area contributed by atoms with Gasteiger partial charge in [-0.2, -0.15) is 0 Å². The van der Waals surface area contributed by atoms with E-state index in [-0.39, 0.29) is 0 Å². The number of methoxy groups -OCH3 is 1. The van der Waals surface area contributed by atoms with Crippen LogP contribution in [0.1, 0.15) is 18.4 Å². The van der Waals surface area contributed by atoms with Gasteiger partial charge in [-0.05, 0) is 43.5 Å². The average Bonchev–Trinajstić information content (AvgIpc) is 2.79. The molecule has 0 N–H and O–H groups in total. The van der Waals surface area contributed by atoms with Crippen molar-refractivity contribution in [1.82, 2.24) is 9.80 Å². The van der Waals surface area contributed by atoms with Gasteiger partial charge in [0.05, 0.1) is 12.8 Å². The predicted molar refractivity (Wildman–Crippen MR) is 116 cm³/mol. The standard InChI is InChI=1S/C24H33N3O/c1-28-24-12-6-5-11-23(24)27-18-16-26(17-19-27)22-10-7-14-25(20-22)15-13-21-8-3-2-4-9-21/h2-6,8-9,11-12,22H,7,10,13-20H2,1H3/t22-/m1/s1. The van der Waals surface area contributed by atoms with Gasteiger partial charge in [0, 0.05) is 45.3 Å². The molecule has 4 rings (SSSR count). The van der Waals surface area contributed by atoms with E-state index in [0.717, 1.165) is 38.3 Å². The van der Waals surface area contributed by atoms with E-state index in [2.05, 4.69) is 63.2 Å². The smallest absolute Gasteiger partial charge is 0.142 e. The highest BCUT2D eigenvalue weighted by atomic mass is 16.5. The van der Waals surface area contributed by atoms with Crippen molar-refractivity contribution >= 4 is 5.69 Å². The fourth-order valence-electron chi connectivity index (χ4n) is 4.68. The first-order chi connectivity index (χ1) is 13.8. The molecular formula is C24H33N3O. The van der Waals surface area contributed by atoms with E-state index in [9.17, 15) is 0 Å². The summed E-state index contributed by atoms with van der Waals surface area (Å²) in [6, 6.07) is 20.0. The highest BCUT2D eigenvalue weighted by Gasteiger charge is 2.28. The number of hydrogen-bond donors (Lipinski definition) is 0. The van der Waals surface area contributed by atoms with Crippen LogP contribution in [0.4, 0.5) is 5.69 Å². The minimum Gasteiger partial charge on any atom is -0.495 e. The van der Waals surface area contributed by atoms with Crippen molar-refractivity contribution in [2.45, 2.75) is 25.3 Å². The maximum absolute atomic E-state index is 5.56. The Balaban J connectivity index is 1.28. The number of benzene rings is 2.